The van der Waals surface area contributed by atoms with E-state index in [1.807, 2.05) is 0 Å². The van der Waals surface area contributed by atoms with Crippen LogP contribution in [0.15, 0.2) is 54.6 Å². The molecule has 0 aromatic heterocycles. The van der Waals surface area contributed by atoms with Gasteiger partial charge in [-0.1, -0.05) is 37.6 Å². The third-order valence-electron chi connectivity index (χ3n) is 8.15. The summed E-state index contributed by atoms with van der Waals surface area (Å²) >= 11 is 0. The summed E-state index contributed by atoms with van der Waals surface area (Å²) in [7, 11) is 0. The van der Waals surface area contributed by atoms with Crippen molar-refractivity contribution in [2.45, 2.75) is 37.9 Å². The van der Waals surface area contributed by atoms with E-state index in [9.17, 15) is 31.9 Å². The second kappa shape index (κ2) is 10.2. The largest absolute Gasteiger partial charge is 0.406 e. The summed E-state index contributed by atoms with van der Waals surface area (Å²) in [5.41, 5.74) is 1.75. The van der Waals surface area contributed by atoms with E-state index in [1.54, 1.807) is 36.1 Å². The number of unbranched alkanes of at least 4 members (excludes halogenated alkanes) is 1. The summed E-state index contributed by atoms with van der Waals surface area (Å²) in [6.45, 7) is 0.257. The van der Waals surface area contributed by atoms with Crippen LogP contribution in [0.3, 0.4) is 0 Å². The van der Waals surface area contributed by atoms with Crippen LogP contribution in [0.1, 0.15) is 57.5 Å². The lowest BCUT2D eigenvalue weighted by Gasteiger charge is -2.45. The monoisotopic (exact) mass is 583 g/mol. The molecule has 0 radical (unpaired) electrons. The van der Waals surface area contributed by atoms with Gasteiger partial charge in [-0.25, -0.2) is 8.78 Å². The molecule has 1 atom stereocenters. The van der Waals surface area contributed by atoms with Crippen molar-refractivity contribution in [3.8, 4) is 11.1 Å². The highest BCUT2D eigenvalue weighted by Crippen LogP contribution is 2.51. The summed E-state index contributed by atoms with van der Waals surface area (Å²) in [5, 5.41) is 0. The first-order valence-electron chi connectivity index (χ1n) is 13.7. The standard InChI is InChI=1S/C31H26F5N3O3/c1-2-3-12-37(16-31(34,35)36)30(42)26-23-13-17(32)8-9-19(23)20-10-11-24(33)27(25(20)26)38-14-18(15-38)39-28(40)21-6-4-5-7-22(21)29(39)41/h4-11,13,18,26H,2-3,12,14-16H2,1H3. The molecule has 42 heavy (non-hydrogen) atoms. The van der Waals surface area contributed by atoms with Crippen molar-refractivity contribution in [2.75, 3.05) is 31.1 Å². The molecule has 3 aliphatic rings. The molecule has 2 aliphatic heterocycles. The number of rotatable bonds is 7. The van der Waals surface area contributed by atoms with Gasteiger partial charge in [-0.05, 0) is 53.4 Å². The van der Waals surface area contributed by atoms with Crippen LogP contribution in [-0.4, -0.2) is 65.9 Å². The van der Waals surface area contributed by atoms with Crippen LogP contribution in [0.2, 0.25) is 0 Å². The van der Waals surface area contributed by atoms with Crippen molar-refractivity contribution in [2.24, 2.45) is 0 Å². The fourth-order valence-corrected chi connectivity index (χ4v) is 6.22. The van der Waals surface area contributed by atoms with E-state index in [1.165, 1.54) is 24.3 Å². The smallest absolute Gasteiger partial charge is 0.365 e. The lowest BCUT2D eigenvalue weighted by molar-refractivity contribution is -0.161. The van der Waals surface area contributed by atoms with Crippen LogP contribution in [0.25, 0.3) is 11.1 Å². The lowest BCUT2D eigenvalue weighted by atomic mass is 9.91. The molecule has 3 aromatic rings. The zero-order valence-electron chi connectivity index (χ0n) is 22.5. The SMILES string of the molecule is CCCCN(CC(F)(F)F)C(=O)C1c2cc(F)ccc2-c2ccc(F)c(N3CC(N4C(=O)c5ccccc5C4=O)C3)c21. The molecule has 6 nitrogen and oxygen atoms in total. The number of nitrogens with zero attached hydrogens (tertiary/aromatic N) is 3. The fourth-order valence-electron chi connectivity index (χ4n) is 6.22. The quantitative estimate of drug-likeness (QED) is 0.263. The van der Waals surface area contributed by atoms with E-state index >= 15 is 4.39 Å². The average molecular weight is 584 g/mol. The minimum atomic E-state index is -4.67. The number of hydrogen-bond donors (Lipinski definition) is 0. The third-order valence-corrected chi connectivity index (χ3v) is 8.15. The van der Waals surface area contributed by atoms with Gasteiger partial charge in [0, 0.05) is 25.2 Å². The van der Waals surface area contributed by atoms with Gasteiger partial charge in [-0.15, -0.1) is 0 Å². The number of anilines is 1. The molecular weight excluding hydrogens is 557 g/mol. The zero-order valence-corrected chi connectivity index (χ0v) is 22.5. The van der Waals surface area contributed by atoms with Gasteiger partial charge in [0.25, 0.3) is 11.8 Å². The second-order valence-corrected chi connectivity index (χ2v) is 10.8. The predicted molar refractivity (Wildman–Crippen MR) is 144 cm³/mol. The third kappa shape index (κ3) is 4.51. The first-order chi connectivity index (χ1) is 20.0. The normalized spacial score (nSPS) is 17.7. The Kier molecular flexibility index (Phi) is 6.78. The lowest BCUT2D eigenvalue weighted by Crippen LogP contribution is -2.61. The highest BCUT2D eigenvalue weighted by Gasteiger charge is 2.48. The van der Waals surface area contributed by atoms with Crippen molar-refractivity contribution < 1.29 is 36.3 Å². The van der Waals surface area contributed by atoms with E-state index in [2.05, 4.69) is 0 Å². The van der Waals surface area contributed by atoms with Crippen LogP contribution in [0.5, 0.6) is 0 Å². The first-order valence-corrected chi connectivity index (χ1v) is 13.7. The molecule has 1 aliphatic carbocycles. The van der Waals surface area contributed by atoms with E-state index in [0.717, 1.165) is 11.0 Å². The van der Waals surface area contributed by atoms with Gasteiger partial charge in [0.15, 0.2) is 0 Å². The molecule has 11 heteroatoms. The molecule has 6 rings (SSSR count). The number of carbonyl (C=O) groups excluding carboxylic acids is 3. The Morgan fingerprint density at radius 3 is 2.19 bits per heavy atom. The van der Waals surface area contributed by atoms with Gasteiger partial charge in [0.1, 0.15) is 18.2 Å². The summed E-state index contributed by atoms with van der Waals surface area (Å²) in [6, 6.07) is 12.3. The van der Waals surface area contributed by atoms with E-state index < -0.39 is 54.0 Å². The molecule has 3 aromatic carbocycles. The molecule has 218 valence electrons. The Morgan fingerprint density at radius 1 is 0.929 bits per heavy atom. The van der Waals surface area contributed by atoms with Gasteiger partial charge in [0.2, 0.25) is 5.91 Å². The second-order valence-electron chi connectivity index (χ2n) is 10.8. The number of fused-ring (bicyclic) bond motifs is 4. The fraction of sp³-hybridized carbons (Fsp3) is 0.323. The van der Waals surface area contributed by atoms with Crippen molar-refractivity contribution in [3.05, 3.63) is 88.5 Å². The number of carbonyl (C=O) groups is 3. The Morgan fingerprint density at radius 2 is 1.57 bits per heavy atom. The highest BCUT2D eigenvalue weighted by atomic mass is 19.4. The number of hydrogen-bond acceptors (Lipinski definition) is 4. The number of amides is 3. The molecule has 1 fully saturated rings. The van der Waals surface area contributed by atoms with E-state index in [-0.39, 0.29) is 47.6 Å². The number of benzene rings is 3. The molecule has 1 unspecified atom stereocenters. The molecule has 3 amide bonds. The first kappa shape index (κ1) is 27.9. The van der Waals surface area contributed by atoms with E-state index in [0.29, 0.717) is 28.9 Å². The van der Waals surface area contributed by atoms with Gasteiger partial charge >= 0.3 is 6.18 Å². The van der Waals surface area contributed by atoms with Crippen molar-refractivity contribution in [1.82, 2.24) is 9.80 Å². The van der Waals surface area contributed by atoms with Crippen LogP contribution in [0.4, 0.5) is 27.6 Å². The van der Waals surface area contributed by atoms with Crippen LogP contribution in [-0.2, 0) is 4.79 Å². The van der Waals surface area contributed by atoms with Gasteiger partial charge in [-0.3, -0.25) is 19.3 Å². The van der Waals surface area contributed by atoms with Crippen molar-refractivity contribution in [1.29, 1.82) is 0 Å². The maximum Gasteiger partial charge on any atom is 0.406 e. The highest BCUT2D eigenvalue weighted by molar-refractivity contribution is 6.21. The maximum atomic E-state index is 15.6. The van der Waals surface area contributed by atoms with Crippen molar-refractivity contribution in [3.63, 3.8) is 0 Å². The average Bonchev–Trinajstić information content (AvgIpc) is 3.37. The molecule has 0 bridgehead atoms. The number of halogens is 5. The maximum absolute atomic E-state index is 15.6. The summed E-state index contributed by atoms with van der Waals surface area (Å²) in [5.74, 6) is -4.55. The summed E-state index contributed by atoms with van der Waals surface area (Å²) in [4.78, 5) is 43.3. The van der Waals surface area contributed by atoms with Gasteiger partial charge in [0.05, 0.1) is 28.8 Å². The summed E-state index contributed by atoms with van der Waals surface area (Å²) in [6.07, 6.45) is -3.81. The molecule has 0 spiro atoms. The Bertz CT molecular complexity index is 1580. The summed E-state index contributed by atoms with van der Waals surface area (Å²) < 4.78 is 70.7. The molecular formula is C31H26F5N3O3. The molecule has 2 heterocycles. The van der Waals surface area contributed by atoms with Crippen LogP contribution < -0.4 is 4.90 Å². The number of alkyl halides is 3. The minimum Gasteiger partial charge on any atom is -0.365 e. The topological polar surface area (TPSA) is 60.9 Å². The number of imide groups is 1. The molecule has 0 N–H and O–H groups in total. The van der Waals surface area contributed by atoms with Gasteiger partial charge < -0.3 is 9.80 Å². The zero-order chi connectivity index (χ0) is 29.9. The van der Waals surface area contributed by atoms with E-state index in [4.69, 9.17) is 0 Å². The molecule has 0 saturated carbocycles. The Labute approximate surface area is 238 Å². The Hall–Kier alpha value is -4.28. The van der Waals surface area contributed by atoms with Gasteiger partial charge in [-0.2, -0.15) is 13.2 Å². The minimum absolute atomic E-state index is 0.00207. The Balaban J connectivity index is 1.37. The molecule has 1 saturated heterocycles. The van der Waals surface area contributed by atoms with Crippen LogP contribution >= 0.6 is 0 Å². The van der Waals surface area contributed by atoms with Crippen LogP contribution in [0, 0.1) is 11.6 Å². The predicted octanol–water partition coefficient (Wildman–Crippen LogP) is 5.75. The van der Waals surface area contributed by atoms with Crippen molar-refractivity contribution >= 4 is 23.4 Å².